The average molecular weight is 341 g/mol. The molecule has 0 fully saturated rings. The molecule has 3 rings (SSSR count). The lowest BCUT2D eigenvalue weighted by Crippen LogP contribution is -2.29. The SMILES string of the molecule is O=C1C(=O)N(Cc2ccc(Cl)c(Cl)c2)c2cccc(Cl)c21. The summed E-state index contributed by atoms with van der Waals surface area (Å²) < 4.78 is 0. The average Bonchev–Trinajstić information content (AvgIpc) is 2.69. The Labute approximate surface area is 136 Å². The van der Waals surface area contributed by atoms with E-state index >= 15 is 0 Å². The van der Waals surface area contributed by atoms with Gasteiger partial charge in [-0.25, -0.2) is 0 Å². The highest BCUT2D eigenvalue weighted by Gasteiger charge is 2.37. The predicted octanol–water partition coefficient (Wildman–Crippen LogP) is 4.38. The Bertz CT molecular complexity index is 774. The van der Waals surface area contributed by atoms with E-state index in [9.17, 15) is 9.59 Å². The molecule has 0 unspecified atom stereocenters. The van der Waals surface area contributed by atoms with E-state index in [1.54, 1.807) is 36.4 Å². The van der Waals surface area contributed by atoms with Crippen LogP contribution in [0.4, 0.5) is 5.69 Å². The van der Waals surface area contributed by atoms with Crippen molar-refractivity contribution in [3.63, 3.8) is 0 Å². The fraction of sp³-hybridized carbons (Fsp3) is 0.0667. The van der Waals surface area contributed by atoms with E-state index in [1.165, 1.54) is 4.90 Å². The Hall–Kier alpha value is -1.55. The molecule has 0 atom stereocenters. The van der Waals surface area contributed by atoms with Crippen molar-refractivity contribution in [3.05, 3.63) is 62.6 Å². The van der Waals surface area contributed by atoms with Crippen LogP contribution in [0.2, 0.25) is 15.1 Å². The summed E-state index contributed by atoms with van der Waals surface area (Å²) in [6.07, 6.45) is 0. The normalized spacial score (nSPS) is 13.8. The Balaban J connectivity index is 2.00. The number of amides is 1. The first kappa shape index (κ1) is 14.4. The number of Topliss-reactive ketones (excluding diaryl/α,β-unsaturated/α-hetero) is 1. The van der Waals surface area contributed by atoms with Crippen LogP contribution in [0.1, 0.15) is 15.9 Å². The fourth-order valence-electron chi connectivity index (χ4n) is 2.28. The summed E-state index contributed by atoms with van der Waals surface area (Å²) in [5.41, 5.74) is 1.55. The molecule has 2 aromatic rings. The van der Waals surface area contributed by atoms with Gasteiger partial charge < -0.3 is 4.90 Å². The van der Waals surface area contributed by atoms with Crippen molar-refractivity contribution in [2.75, 3.05) is 4.90 Å². The summed E-state index contributed by atoms with van der Waals surface area (Å²) in [7, 11) is 0. The van der Waals surface area contributed by atoms with Crippen LogP contribution in [-0.4, -0.2) is 11.7 Å². The molecular formula is C15H8Cl3NO2. The van der Waals surface area contributed by atoms with E-state index < -0.39 is 11.7 Å². The second kappa shape index (κ2) is 5.34. The lowest BCUT2D eigenvalue weighted by molar-refractivity contribution is -0.114. The summed E-state index contributed by atoms with van der Waals surface area (Å²) in [4.78, 5) is 25.5. The van der Waals surface area contributed by atoms with Gasteiger partial charge in [0.05, 0.1) is 32.9 Å². The Morgan fingerprint density at radius 3 is 2.38 bits per heavy atom. The van der Waals surface area contributed by atoms with E-state index in [0.717, 1.165) is 5.56 Å². The van der Waals surface area contributed by atoms with Gasteiger partial charge in [0.2, 0.25) is 0 Å². The van der Waals surface area contributed by atoms with Gasteiger partial charge in [0.15, 0.2) is 0 Å². The quantitative estimate of drug-likeness (QED) is 0.761. The largest absolute Gasteiger partial charge is 0.300 e. The van der Waals surface area contributed by atoms with E-state index in [-0.39, 0.29) is 17.1 Å². The molecule has 0 N–H and O–H groups in total. The van der Waals surface area contributed by atoms with Crippen molar-refractivity contribution in [2.45, 2.75) is 6.54 Å². The van der Waals surface area contributed by atoms with Gasteiger partial charge in [-0.15, -0.1) is 0 Å². The smallest absolute Gasteiger partial charge is 0.299 e. The highest BCUT2D eigenvalue weighted by Crippen LogP contribution is 2.35. The molecule has 1 aliphatic heterocycles. The van der Waals surface area contributed by atoms with Crippen molar-refractivity contribution in [3.8, 4) is 0 Å². The number of benzene rings is 2. The van der Waals surface area contributed by atoms with Gasteiger partial charge in [-0.2, -0.15) is 0 Å². The summed E-state index contributed by atoms with van der Waals surface area (Å²) >= 11 is 17.8. The summed E-state index contributed by atoms with van der Waals surface area (Å²) in [6, 6.07) is 10.1. The zero-order chi connectivity index (χ0) is 15.1. The van der Waals surface area contributed by atoms with Crippen molar-refractivity contribution in [1.29, 1.82) is 0 Å². The standard InChI is InChI=1S/C15H8Cl3NO2/c16-9-5-4-8(6-11(9)18)7-19-12-3-1-2-10(17)13(12)14(20)15(19)21/h1-6H,7H2. The number of rotatable bonds is 2. The molecule has 1 heterocycles. The molecule has 0 aliphatic carbocycles. The van der Waals surface area contributed by atoms with Gasteiger partial charge in [-0.3, -0.25) is 9.59 Å². The van der Waals surface area contributed by atoms with Crippen LogP contribution in [0.15, 0.2) is 36.4 Å². The van der Waals surface area contributed by atoms with Crippen LogP contribution < -0.4 is 4.90 Å². The van der Waals surface area contributed by atoms with Crippen LogP contribution in [0, 0.1) is 0 Å². The van der Waals surface area contributed by atoms with E-state index in [1.807, 2.05) is 0 Å². The molecule has 0 radical (unpaired) electrons. The number of hydrogen-bond acceptors (Lipinski definition) is 2. The number of ketones is 1. The lowest BCUT2D eigenvalue weighted by Gasteiger charge is -2.17. The number of fused-ring (bicyclic) bond motifs is 1. The van der Waals surface area contributed by atoms with Crippen LogP contribution in [0.3, 0.4) is 0 Å². The van der Waals surface area contributed by atoms with Crippen LogP contribution in [-0.2, 0) is 11.3 Å². The maximum Gasteiger partial charge on any atom is 0.299 e. The summed E-state index contributed by atoms with van der Waals surface area (Å²) in [6.45, 7) is 0.231. The lowest BCUT2D eigenvalue weighted by atomic mass is 10.1. The predicted molar refractivity (Wildman–Crippen MR) is 83.4 cm³/mol. The first-order valence-electron chi connectivity index (χ1n) is 6.07. The maximum absolute atomic E-state index is 12.1. The monoisotopic (exact) mass is 339 g/mol. The summed E-state index contributed by atoms with van der Waals surface area (Å²) in [5, 5.41) is 1.12. The van der Waals surface area contributed by atoms with E-state index in [2.05, 4.69) is 0 Å². The van der Waals surface area contributed by atoms with Gasteiger partial charge in [0.25, 0.3) is 11.7 Å². The molecule has 0 aromatic heterocycles. The minimum absolute atomic E-state index is 0.231. The topological polar surface area (TPSA) is 37.4 Å². The highest BCUT2D eigenvalue weighted by molar-refractivity contribution is 6.55. The zero-order valence-electron chi connectivity index (χ0n) is 10.6. The zero-order valence-corrected chi connectivity index (χ0v) is 12.8. The van der Waals surface area contributed by atoms with Crippen molar-refractivity contribution in [1.82, 2.24) is 0 Å². The minimum atomic E-state index is -0.593. The molecule has 21 heavy (non-hydrogen) atoms. The van der Waals surface area contributed by atoms with Crippen molar-refractivity contribution in [2.24, 2.45) is 0 Å². The molecule has 0 spiro atoms. The number of carbonyl (C=O) groups is 2. The molecule has 0 saturated carbocycles. The second-order valence-electron chi connectivity index (χ2n) is 4.60. The molecule has 0 saturated heterocycles. The highest BCUT2D eigenvalue weighted by atomic mass is 35.5. The maximum atomic E-state index is 12.1. The van der Waals surface area contributed by atoms with Crippen molar-refractivity contribution >= 4 is 52.2 Å². The van der Waals surface area contributed by atoms with Crippen LogP contribution >= 0.6 is 34.8 Å². The molecule has 2 aromatic carbocycles. The number of carbonyl (C=O) groups excluding carboxylic acids is 2. The third-order valence-electron chi connectivity index (χ3n) is 3.27. The van der Waals surface area contributed by atoms with E-state index in [0.29, 0.717) is 15.7 Å². The first-order valence-corrected chi connectivity index (χ1v) is 7.21. The Morgan fingerprint density at radius 2 is 1.67 bits per heavy atom. The molecular weight excluding hydrogens is 333 g/mol. The number of hydrogen-bond donors (Lipinski definition) is 0. The number of halogens is 3. The molecule has 3 nitrogen and oxygen atoms in total. The van der Waals surface area contributed by atoms with Gasteiger partial charge in [0, 0.05) is 0 Å². The van der Waals surface area contributed by atoms with Gasteiger partial charge in [0.1, 0.15) is 0 Å². The van der Waals surface area contributed by atoms with Crippen molar-refractivity contribution < 1.29 is 9.59 Å². The molecule has 0 bridgehead atoms. The van der Waals surface area contributed by atoms with Crippen LogP contribution in [0.25, 0.3) is 0 Å². The molecule has 1 aliphatic rings. The molecule has 6 heteroatoms. The fourth-order valence-corrected chi connectivity index (χ4v) is 2.85. The molecule has 1 amide bonds. The summed E-state index contributed by atoms with van der Waals surface area (Å²) in [5.74, 6) is -1.18. The number of anilines is 1. The van der Waals surface area contributed by atoms with Gasteiger partial charge in [-0.1, -0.05) is 46.9 Å². The first-order chi connectivity index (χ1) is 9.99. The second-order valence-corrected chi connectivity index (χ2v) is 5.82. The Morgan fingerprint density at radius 1 is 0.905 bits per heavy atom. The van der Waals surface area contributed by atoms with Gasteiger partial charge >= 0.3 is 0 Å². The van der Waals surface area contributed by atoms with Crippen LogP contribution in [0.5, 0.6) is 0 Å². The third-order valence-corrected chi connectivity index (χ3v) is 4.33. The molecule has 106 valence electrons. The number of nitrogens with zero attached hydrogens (tertiary/aromatic N) is 1. The van der Waals surface area contributed by atoms with Gasteiger partial charge in [-0.05, 0) is 29.8 Å². The van der Waals surface area contributed by atoms with E-state index in [4.69, 9.17) is 34.8 Å². The Kier molecular flexibility index (Phi) is 3.66. The minimum Gasteiger partial charge on any atom is -0.300 e. The third kappa shape index (κ3) is 2.42.